The van der Waals surface area contributed by atoms with Crippen molar-refractivity contribution in [3.05, 3.63) is 47.0 Å². The highest BCUT2D eigenvalue weighted by Gasteiger charge is 2.30. The maximum Gasteiger partial charge on any atom is 0.229 e. The van der Waals surface area contributed by atoms with Gasteiger partial charge in [-0.3, -0.25) is 4.79 Å². The maximum atomic E-state index is 12.9. The number of aliphatic hydroxyl groups excluding tert-OH is 1. The summed E-state index contributed by atoms with van der Waals surface area (Å²) in [5, 5.41) is 10.8. The second-order valence-electron chi connectivity index (χ2n) is 6.48. The van der Waals surface area contributed by atoms with Crippen molar-refractivity contribution in [3.63, 3.8) is 0 Å². The summed E-state index contributed by atoms with van der Waals surface area (Å²) >= 11 is 0. The van der Waals surface area contributed by atoms with Gasteiger partial charge in [0, 0.05) is 12.1 Å². The average molecular weight is 387 g/mol. The number of ether oxygens (including phenoxy) is 4. The molecule has 0 aromatic heterocycles. The van der Waals surface area contributed by atoms with Gasteiger partial charge in [0.1, 0.15) is 0 Å². The Morgan fingerprint density at radius 1 is 0.964 bits per heavy atom. The quantitative estimate of drug-likeness (QED) is 0.820. The Morgan fingerprint density at radius 3 is 2.21 bits per heavy atom. The zero-order valence-electron chi connectivity index (χ0n) is 16.5. The summed E-state index contributed by atoms with van der Waals surface area (Å²) in [7, 11) is 6.23. The standard InChI is InChI=1S/C21H25NO6/c1-25-16-6-5-13(9-17(16)26-2)10-20(23)22-8-7-14-11-18(27-3)19(28-4)12-15(14)21(22)24/h5-6,9,11-12,21,24H,7-8,10H2,1-4H3/t21-/m0/s1. The van der Waals surface area contributed by atoms with E-state index >= 15 is 0 Å². The van der Waals surface area contributed by atoms with E-state index < -0.39 is 6.23 Å². The lowest BCUT2D eigenvalue weighted by Gasteiger charge is -2.34. The van der Waals surface area contributed by atoms with Crippen LogP contribution in [0.1, 0.15) is 22.9 Å². The number of methoxy groups -OCH3 is 4. The number of amides is 1. The minimum absolute atomic E-state index is 0.153. The van der Waals surface area contributed by atoms with Crippen LogP contribution in [0.3, 0.4) is 0 Å². The molecule has 2 aromatic rings. The molecule has 1 aliphatic rings. The Kier molecular flexibility index (Phi) is 5.94. The van der Waals surface area contributed by atoms with Crippen molar-refractivity contribution >= 4 is 5.91 Å². The van der Waals surface area contributed by atoms with E-state index in [1.54, 1.807) is 46.6 Å². The minimum Gasteiger partial charge on any atom is -0.493 e. The molecule has 0 aliphatic carbocycles. The van der Waals surface area contributed by atoms with Crippen molar-refractivity contribution in [2.45, 2.75) is 19.1 Å². The van der Waals surface area contributed by atoms with Gasteiger partial charge < -0.3 is 29.0 Å². The molecule has 7 heteroatoms. The summed E-state index contributed by atoms with van der Waals surface area (Å²) < 4.78 is 21.2. The van der Waals surface area contributed by atoms with E-state index in [-0.39, 0.29) is 12.3 Å². The lowest BCUT2D eigenvalue weighted by molar-refractivity contribution is -0.142. The van der Waals surface area contributed by atoms with Crippen molar-refractivity contribution in [2.24, 2.45) is 0 Å². The Bertz CT molecular complexity index is 866. The van der Waals surface area contributed by atoms with E-state index in [2.05, 4.69) is 0 Å². The van der Waals surface area contributed by atoms with Gasteiger partial charge in [0.05, 0.1) is 34.9 Å². The van der Waals surface area contributed by atoms with Gasteiger partial charge >= 0.3 is 0 Å². The van der Waals surface area contributed by atoms with Gasteiger partial charge in [0.15, 0.2) is 29.2 Å². The van der Waals surface area contributed by atoms with Gasteiger partial charge in [-0.25, -0.2) is 0 Å². The van der Waals surface area contributed by atoms with Crippen LogP contribution in [0.25, 0.3) is 0 Å². The summed E-state index contributed by atoms with van der Waals surface area (Å²) in [4.78, 5) is 14.3. The van der Waals surface area contributed by atoms with Gasteiger partial charge in [0.25, 0.3) is 0 Å². The number of hydrogen-bond donors (Lipinski definition) is 1. The molecule has 1 aliphatic heterocycles. The maximum absolute atomic E-state index is 12.9. The Hall–Kier alpha value is -2.93. The number of hydrogen-bond acceptors (Lipinski definition) is 6. The molecule has 2 aromatic carbocycles. The molecule has 1 N–H and O–H groups in total. The third-order valence-corrected chi connectivity index (χ3v) is 4.96. The molecule has 1 atom stereocenters. The van der Waals surface area contributed by atoms with Gasteiger partial charge in [-0.15, -0.1) is 0 Å². The molecule has 0 unspecified atom stereocenters. The fourth-order valence-electron chi connectivity index (χ4n) is 3.45. The molecular formula is C21H25NO6. The van der Waals surface area contributed by atoms with Crippen molar-refractivity contribution in [3.8, 4) is 23.0 Å². The first kappa shape index (κ1) is 19.8. The molecule has 7 nitrogen and oxygen atoms in total. The number of rotatable bonds is 6. The van der Waals surface area contributed by atoms with Crippen LogP contribution in [0.4, 0.5) is 0 Å². The molecule has 1 heterocycles. The van der Waals surface area contributed by atoms with Gasteiger partial charge in [-0.2, -0.15) is 0 Å². The largest absolute Gasteiger partial charge is 0.493 e. The zero-order valence-corrected chi connectivity index (χ0v) is 16.5. The van der Waals surface area contributed by atoms with E-state index in [4.69, 9.17) is 18.9 Å². The van der Waals surface area contributed by atoms with Crippen LogP contribution >= 0.6 is 0 Å². The van der Waals surface area contributed by atoms with Crippen molar-refractivity contribution in [1.82, 2.24) is 4.90 Å². The Labute approximate surface area is 164 Å². The fourth-order valence-corrected chi connectivity index (χ4v) is 3.45. The topological polar surface area (TPSA) is 77.5 Å². The van der Waals surface area contributed by atoms with Crippen molar-refractivity contribution in [1.29, 1.82) is 0 Å². The number of nitrogens with zero attached hydrogens (tertiary/aromatic N) is 1. The van der Waals surface area contributed by atoms with Crippen LogP contribution in [-0.4, -0.2) is 50.9 Å². The highest BCUT2D eigenvalue weighted by molar-refractivity contribution is 5.80. The normalized spacial score (nSPS) is 15.6. The van der Waals surface area contributed by atoms with Gasteiger partial charge in [0.2, 0.25) is 5.91 Å². The third-order valence-electron chi connectivity index (χ3n) is 4.96. The Balaban J connectivity index is 1.81. The molecular weight excluding hydrogens is 362 g/mol. The van der Waals surface area contributed by atoms with Crippen LogP contribution < -0.4 is 18.9 Å². The van der Waals surface area contributed by atoms with Crippen LogP contribution in [0.5, 0.6) is 23.0 Å². The van der Waals surface area contributed by atoms with E-state index in [0.29, 0.717) is 41.5 Å². The molecule has 1 amide bonds. The van der Waals surface area contributed by atoms with Crippen LogP contribution in [0.2, 0.25) is 0 Å². The number of aliphatic hydroxyl groups is 1. The van der Waals surface area contributed by atoms with E-state index in [1.165, 1.54) is 4.90 Å². The second kappa shape index (κ2) is 8.39. The average Bonchev–Trinajstić information content (AvgIpc) is 2.72. The highest BCUT2D eigenvalue weighted by atomic mass is 16.5. The molecule has 0 radical (unpaired) electrons. The van der Waals surface area contributed by atoms with Crippen molar-refractivity contribution in [2.75, 3.05) is 35.0 Å². The van der Waals surface area contributed by atoms with E-state index in [0.717, 1.165) is 11.1 Å². The monoisotopic (exact) mass is 387 g/mol. The minimum atomic E-state index is -1.03. The number of fused-ring (bicyclic) bond motifs is 1. The van der Waals surface area contributed by atoms with E-state index in [9.17, 15) is 9.90 Å². The molecule has 3 rings (SSSR count). The number of carbonyl (C=O) groups is 1. The predicted octanol–water partition coefficient (Wildman–Crippen LogP) is 2.34. The second-order valence-corrected chi connectivity index (χ2v) is 6.48. The number of benzene rings is 2. The first-order chi connectivity index (χ1) is 13.5. The molecule has 0 saturated carbocycles. The fraction of sp³-hybridized carbons (Fsp3) is 0.381. The van der Waals surface area contributed by atoms with Crippen molar-refractivity contribution < 1.29 is 28.8 Å². The van der Waals surface area contributed by atoms with Gasteiger partial charge in [-0.05, 0) is 41.8 Å². The molecule has 0 saturated heterocycles. The highest BCUT2D eigenvalue weighted by Crippen LogP contribution is 2.37. The molecule has 28 heavy (non-hydrogen) atoms. The summed E-state index contributed by atoms with van der Waals surface area (Å²) in [6.45, 7) is 0.426. The first-order valence-corrected chi connectivity index (χ1v) is 8.95. The Morgan fingerprint density at radius 2 is 1.57 bits per heavy atom. The van der Waals surface area contributed by atoms with Crippen LogP contribution in [-0.2, 0) is 17.6 Å². The summed E-state index contributed by atoms with van der Waals surface area (Å²) in [5.74, 6) is 2.13. The summed E-state index contributed by atoms with van der Waals surface area (Å²) in [6, 6.07) is 8.94. The van der Waals surface area contributed by atoms with Gasteiger partial charge in [-0.1, -0.05) is 6.07 Å². The van der Waals surface area contributed by atoms with Crippen LogP contribution in [0, 0.1) is 0 Å². The SMILES string of the molecule is COc1ccc(CC(=O)N2CCc3cc(OC)c(OC)cc3[C@@H]2O)cc1OC. The lowest BCUT2D eigenvalue weighted by Crippen LogP contribution is -2.40. The molecule has 0 bridgehead atoms. The van der Waals surface area contributed by atoms with E-state index in [1.807, 2.05) is 12.1 Å². The number of carbonyl (C=O) groups excluding carboxylic acids is 1. The zero-order chi connectivity index (χ0) is 20.3. The smallest absolute Gasteiger partial charge is 0.229 e. The lowest BCUT2D eigenvalue weighted by atomic mass is 9.96. The molecule has 0 spiro atoms. The first-order valence-electron chi connectivity index (χ1n) is 8.95. The third kappa shape index (κ3) is 3.71. The molecule has 0 fully saturated rings. The summed E-state index contributed by atoms with van der Waals surface area (Å²) in [6.07, 6.45) is -0.249. The molecule has 150 valence electrons. The predicted molar refractivity (Wildman–Crippen MR) is 103 cm³/mol. The van der Waals surface area contributed by atoms with Crippen LogP contribution in [0.15, 0.2) is 30.3 Å². The summed E-state index contributed by atoms with van der Waals surface area (Å²) in [5.41, 5.74) is 2.39.